The molecule has 0 aliphatic carbocycles. The van der Waals surface area contributed by atoms with Gasteiger partial charge in [0.2, 0.25) is 0 Å². The van der Waals surface area contributed by atoms with Crippen molar-refractivity contribution in [1.82, 2.24) is 0 Å². The second kappa shape index (κ2) is 5.14. The molecule has 72 valence electrons. The van der Waals surface area contributed by atoms with Gasteiger partial charge in [0.05, 0.1) is 13.2 Å². The van der Waals surface area contributed by atoms with Crippen LogP contribution in [0.5, 0.6) is 5.75 Å². The molecule has 0 saturated carbocycles. The van der Waals surface area contributed by atoms with Crippen molar-refractivity contribution in [2.75, 3.05) is 12.9 Å². The minimum absolute atomic E-state index is 0.282. The zero-order valence-electron chi connectivity index (χ0n) is 7.86. The van der Waals surface area contributed by atoms with Crippen molar-refractivity contribution < 1.29 is 9.84 Å². The number of methoxy groups -OCH3 is 1. The van der Waals surface area contributed by atoms with E-state index in [0.717, 1.165) is 10.6 Å². The maximum Gasteiger partial charge on any atom is 0.132 e. The van der Waals surface area contributed by atoms with E-state index in [1.54, 1.807) is 25.8 Å². The van der Waals surface area contributed by atoms with Crippen LogP contribution in [-0.4, -0.2) is 24.1 Å². The average molecular weight is 198 g/mol. The Morgan fingerprint density at radius 2 is 2.15 bits per heavy atom. The molecule has 13 heavy (non-hydrogen) atoms. The lowest BCUT2D eigenvalue weighted by atomic mass is 10.3. The van der Waals surface area contributed by atoms with E-state index in [9.17, 15) is 0 Å². The summed E-state index contributed by atoms with van der Waals surface area (Å²) in [6.07, 6.45) is -0.282. The molecule has 0 aliphatic rings. The van der Waals surface area contributed by atoms with Crippen molar-refractivity contribution in [2.24, 2.45) is 0 Å². The fraction of sp³-hybridized carbons (Fsp3) is 0.400. The molecule has 3 heteroatoms. The first kappa shape index (κ1) is 10.4. The Kier molecular flexibility index (Phi) is 4.12. The van der Waals surface area contributed by atoms with Gasteiger partial charge in [0, 0.05) is 10.6 Å². The molecule has 0 fully saturated rings. The van der Waals surface area contributed by atoms with E-state index in [1.165, 1.54) is 0 Å². The Labute approximate surface area is 82.9 Å². The number of rotatable bonds is 4. The van der Waals surface area contributed by atoms with Crippen LogP contribution in [-0.2, 0) is 0 Å². The van der Waals surface area contributed by atoms with Gasteiger partial charge in [0.25, 0.3) is 0 Å². The van der Waals surface area contributed by atoms with Gasteiger partial charge in [-0.25, -0.2) is 0 Å². The number of benzene rings is 1. The number of aliphatic hydroxyl groups excluding tert-OH is 1. The van der Waals surface area contributed by atoms with Crippen LogP contribution in [0.1, 0.15) is 6.92 Å². The quantitative estimate of drug-likeness (QED) is 0.752. The molecule has 0 aromatic heterocycles. The molecular formula is C10H14O2S. The smallest absolute Gasteiger partial charge is 0.132 e. The molecule has 1 aromatic rings. The summed E-state index contributed by atoms with van der Waals surface area (Å²) >= 11 is 1.60. The lowest BCUT2D eigenvalue weighted by molar-refractivity contribution is 0.220. The number of para-hydroxylation sites is 1. The predicted octanol–water partition coefficient (Wildman–Crippen LogP) is 2.17. The number of hydrogen-bond donors (Lipinski definition) is 1. The summed E-state index contributed by atoms with van der Waals surface area (Å²) in [4.78, 5) is 1.07. The second-order valence-electron chi connectivity index (χ2n) is 2.81. The van der Waals surface area contributed by atoms with E-state index in [-0.39, 0.29) is 6.10 Å². The zero-order valence-corrected chi connectivity index (χ0v) is 8.67. The van der Waals surface area contributed by atoms with E-state index in [4.69, 9.17) is 9.84 Å². The van der Waals surface area contributed by atoms with Crippen molar-refractivity contribution in [2.45, 2.75) is 17.9 Å². The topological polar surface area (TPSA) is 29.5 Å². The van der Waals surface area contributed by atoms with Crippen LogP contribution in [0.4, 0.5) is 0 Å². The summed E-state index contributed by atoms with van der Waals surface area (Å²) in [6.45, 7) is 1.78. The number of hydrogen-bond acceptors (Lipinski definition) is 3. The lowest BCUT2D eigenvalue weighted by Crippen LogP contribution is -2.02. The first-order valence-corrected chi connectivity index (χ1v) is 5.16. The van der Waals surface area contributed by atoms with Crippen molar-refractivity contribution >= 4 is 11.8 Å². The zero-order chi connectivity index (χ0) is 9.68. The molecular weight excluding hydrogens is 184 g/mol. The highest BCUT2D eigenvalue weighted by molar-refractivity contribution is 7.99. The minimum Gasteiger partial charge on any atom is -0.496 e. The predicted molar refractivity (Wildman–Crippen MR) is 55.4 cm³/mol. The summed E-state index contributed by atoms with van der Waals surface area (Å²) in [5.41, 5.74) is 0. The summed E-state index contributed by atoms with van der Waals surface area (Å²) in [6, 6.07) is 7.81. The molecule has 0 saturated heterocycles. The van der Waals surface area contributed by atoms with E-state index in [2.05, 4.69) is 0 Å². The minimum atomic E-state index is -0.282. The summed E-state index contributed by atoms with van der Waals surface area (Å²) in [7, 11) is 1.65. The van der Waals surface area contributed by atoms with Gasteiger partial charge in [0.1, 0.15) is 5.75 Å². The average Bonchev–Trinajstić information content (AvgIpc) is 2.15. The Morgan fingerprint density at radius 3 is 2.77 bits per heavy atom. The number of aliphatic hydroxyl groups is 1. The van der Waals surface area contributed by atoms with Crippen LogP contribution in [0, 0.1) is 0 Å². The molecule has 0 amide bonds. The number of ether oxygens (including phenoxy) is 1. The van der Waals surface area contributed by atoms with Crippen LogP contribution in [0.15, 0.2) is 29.2 Å². The Bertz CT molecular complexity index is 261. The van der Waals surface area contributed by atoms with E-state index < -0.39 is 0 Å². The SMILES string of the molecule is COc1ccccc1SC[C@H](C)O. The van der Waals surface area contributed by atoms with Crippen molar-refractivity contribution in [1.29, 1.82) is 0 Å². The molecule has 0 unspecified atom stereocenters. The summed E-state index contributed by atoms with van der Waals surface area (Å²) in [5, 5.41) is 9.12. The molecule has 2 nitrogen and oxygen atoms in total. The highest BCUT2D eigenvalue weighted by Crippen LogP contribution is 2.28. The van der Waals surface area contributed by atoms with Crippen LogP contribution in [0.25, 0.3) is 0 Å². The normalized spacial score (nSPS) is 12.5. The van der Waals surface area contributed by atoms with E-state index >= 15 is 0 Å². The third-order valence-corrected chi connectivity index (χ3v) is 2.85. The van der Waals surface area contributed by atoms with Crippen LogP contribution < -0.4 is 4.74 Å². The second-order valence-corrected chi connectivity index (χ2v) is 3.87. The van der Waals surface area contributed by atoms with Gasteiger partial charge in [-0.05, 0) is 19.1 Å². The lowest BCUT2D eigenvalue weighted by Gasteiger charge is -2.08. The largest absolute Gasteiger partial charge is 0.496 e. The standard InChI is InChI=1S/C10H14O2S/c1-8(11)7-13-10-6-4-3-5-9(10)12-2/h3-6,8,11H,7H2,1-2H3/t8-/m0/s1. The molecule has 1 N–H and O–H groups in total. The van der Waals surface area contributed by atoms with Crippen LogP contribution >= 0.6 is 11.8 Å². The van der Waals surface area contributed by atoms with Gasteiger partial charge in [-0.15, -0.1) is 11.8 Å². The van der Waals surface area contributed by atoms with Crippen LogP contribution in [0.2, 0.25) is 0 Å². The highest BCUT2D eigenvalue weighted by Gasteiger charge is 2.03. The van der Waals surface area contributed by atoms with Gasteiger partial charge >= 0.3 is 0 Å². The van der Waals surface area contributed by atoms with Crippen LogP contribution in [0.3, 0.4) is 0 Å². The van der Waals surface area contributed by atoms with E-state index in [0.29, 0.717) is 5.75 Å². The molecule has 0 aliphatic heterocycles. The monoisotopic (exact) mass is 198 g/mol. The van der Waals surface area contributed by atoms with Gasteiger partial charge in [-0.3, -0.25) is 0 Å². The molecule has 0 spiro atoms. The molecule has 0 heterocycles. The van der Waals surface area contributed by atoms with Crippen molar-refractivity contribution in [3.63, 3.8) is 0 Å². The van der Waals surface area contributed by atoms with E-state index in [1.807, 2.05) is 24.3 Å². The molecule has 0 bridgehead atoms. The Morgan fingerprint density at radius 1 is 1.46 bits per heavy atom. The third kappa shape index (κ3) is 3.28. The van der Waals surface area contributed by atoms with Crippen molar-refractivity contribution in [3.05, 3.63) is 24.3 Å². The molecule has 1 atom stereocenters. The number of thioether (sulfide) groups is 1. The molecule has 0 radical (unpaired) electrons. The Balaban J connectivity index is 2.64. The summed E-state index contributed by atoms with van der Waals surface area (Å²) in [5.74, 6) is 1.56. The van der Waals surface area contributed by atoms with Gasteiger partial charge in [-0.2, -0.15) is 0 Å². The first-order chi connectivity index (χ1) is 6.24. The Hall–Kier alpha value is -0.670. The maximum atomic E-state index is 9.12. The van der Waals surface area contributed by atoms with Gasteiger partial charge in [0.15, 0.2) is 0 Å². The summed E-state index contributed by atoms with van der Waals surface area (Å²) < 4.78 is 5.18. The van der Waals surface area contributed by atoms with Crippen molar-refractivity contribution in [3.8, 4) is 5.75 Å². The maximum absolute atomic E-state index is 9.12. The fourth-order valence-electron chi connectivity index (χ4n) is 0.948. The van der Waals surface area contributed by atoms with Gasteiger partial charge in [-0.1, -0.05) is 12.1 Å². The molecule has 1 aromatic carbocycles. The first-order valence-electron chi connectivity index (χ1n) is 4.18. The van der Waals surface area contributed by atoms with Gasteiger partial charge < -0.3 is 9.84 Å². The highest BCUT2D eigenvalue weighted by atomic mass is 32.2. The molecule has 1 rings (SSSR count). The third-order valence-electron chi connectivity index (χ3n) is 1.55. The fourth-order valence-corrected chi connectivity index (χ4v) is 1.84.